The minimum Gasteiger partial charge on any atom is -0.477 e. The number of carboxylic acid groups (broad SMARTS) is 1. The van der Waals surface area contributed by atoms with Crippen LogP contribution in [0.1, 0.15) is 16.1 Å². The minimum absolute atomic E-state index is 0.248. The summed E-state index contributed by atoms with van der Waals surface area (Å²) in [5.74, 6) is -1.15. The number of hydrogen-bond acceptors (Lipinski definition) is 4. The predicted octanol–water partition coefficient (Wildman–Crippen LogP) is 4.04. The lowest BCUT2D eigenvalue weighted by atomic mass is 10.2. The average Bonchev–Trinajstić information content (AvgIpc) is 3.09. The van der Waals surface area contributed by atoms with Gasteiger partial charge in [-0.15, -0.1) is 0 Å². The molecule has 6 nitrogen and oxygen atoms in total. The Morgan fingerprint density at radius 3 is 2.56 bits per heavy atom. The van der Waals surface area contributed by atoms with E-state index in [0.717, 1.165) is 0 Å². The summed E-state index contributed by atoms with van der Waals surface area (Å²) in [5.41, 5.74) is 6.64. The summed E-state index contributed by atoms with van der Waals surface area (Å²) in [6.45, 7) is 0. The Labute approximate surface area is 159 Å². The molecule has 2 aromatic carbocycles. The maximum absolute atomic E-state index is 12.3. The van der Waals surface area contributed by atoms with Gasteiger partial charge in [-0.2, -0.15) is 0 Å². The van der Waals surface area contributed by atoms with E-state index in [1.807, 2.05) is 6.07 Å². The SMILES string of the molecule is Nc1cccc(C(=O)N/C(=C\c2ccc(-c3ccccc3Cl)o2)C(=O)O)c1. The van der Waals surface area contributed by atoms with Crippen molar-refractivity contribution >= 4 is 35.2 Å². The third-order valence-electron chi connectivity index (χ3n) is 3.68. The molecule has 1 heterocycles. The van der Waals surface area contributed by atoms with Crippen LogP contribution in [0.15, 0.2) is 70.8 Å². The van der Waals surface area contributed by atoms with Gasteiger partial charge in [-0.3, -0.25) is 4.79 Å². The van der Waals surface area contributed by atoms with Gasteiger partial charge in [-0.05, 0) is 42.5 Å². The molecule has 27 heavy (non-hydrogen) atoms. The molecule has 0 aliphatic carbocycles. The molecule has 0 saturated heterocycles. The molecule has 0 spiro atoms. The van der Waals surface area contributed by atoms with Gasteiger partial charge >= 0.3 is 5.97 Å². The molecule has 3 aromatic rings. The number of anilines is 1. The van der Waals surface area contributed by atoms with Gasteiger partial charge in [0.25, 0.3) is 5.91 Å². The number of nitrogens with two attached hydrogens (primary N) is 1. The van der Waals surface area contributed by atoms with Gasteiger partial charge in [-0.1, -0.05) is 29.8 Å². The molecule has 1 aromatic heterocycles. The Hall–Kier alpha value is -3.51. The Morgan fingerprint density at radius 2 is 1.85 bits per heavy atom. The van der Waals surface area contributed by atoms with Crippen LogP contribution in [0.3, 0.4) is 0 Å². The quantitative estimate of drug-likeness (QED) is 0.456. The van der Waals surface area contributed by atoms with Crippen molar-refractivity contribution in [2.24, 2.45) is 0 Å². The summed E-state index contributed by atoms with van der Waals surface area (Å²) >= 11 is 6.14. The van der Waals surface area contributed by atoms with Crippen LogP contribution in [0, 0.1) is 0 Å². The van der Waals surface area contributed by atoms with E-state index in [1.54, 1.807) is 42.5 Å². The summed E-state index contributed by atoms with van der Waals surface area (Å²) < 4.78 is 5.64. The maximum Gasteiger partial charge on any atom is 0.352 e. The van der Waals surface area contributed by atoms with Crippen molar-refractivity contribution in [3.05, 3.63) is 82.7 Å². The number of aliphatic carboxylic acids is 1. The van der Waals surface area contributed by atoms with E-state index < -0.39 is 11.9 Å². The lowest BCUT2D eigenvalue weighted by molar-refractivity contribution is -0.132. The molecular formula is C20H15ClN2O4. The van der Waals surface area contributed by atoms with Crippen LogP contribution in [0.25, 0.3) is 17.4 Å². The Morgan fingerprint density at radius 1 is 1.07 bits per heavy atom. The van der Waals surface area contributed by atoms with E-state index in [-0.39, 0.29) is 17.0 Å². The highest BCUT2D eigenvalue weighted by atomic mass is 35.5. The smallest absolute Gasteiger partial charge is 0.352 e. The van der Waals surface area contributed by atoms with E-state index in [4.69, 9.17) is 21.8 Å². The summed E-state index contributed by atoms with van der Waals surface area (Å²) in [4.78, 5) is 23.8. The number of amides is 1. The highest BCUT2D eigenvalue weighted by Gasteiger charge is 2.15. The number of nitrogens with one attached hydrogen (secondary N) is 1. The molecular weight excluding hydrogens is 368 g/mol. The van der Waals surface area contributed by atoms with Crippen molar-refractivity contribution in [3.63, 3.8) is 0 Å². The van der Waals surface area contributed by atoms with Gasteiger partial charge in [0.1, 0.15) is 17.2 Å². The van der Waals surface area contributed by atoms with Gasteiger partial charge in [0.2, 0.25) is 0 Å². The number of benzene rings is 2. The van der Waals surface area contributed by atoms with Crippen LogP contribution in [0.5, 0.6) is 0 Å². The lowest BCUT2D eigenvalue weighted by Gasteiger charge is -2.06. The molecule has 1 amide bonds. The molecule has 0 saturated carbocycles. The van der Waals surface area contributed by atoms with Crippen molar-refractivity contribution in [1.29, 1.82) is 0 Å². The fourth-order valence-corrected chi connectivity index (χ4v) is 2.63. The topological polar surface area (TPSA) is 106 Å². The monoisotopic (exact) mass is 382 g/mol. The van der Waals surface area contributed by atoms with Crippen molar-refractivity contribution in [2.45, 2.75) is 0 Å². The van der Waals surface area contributed by atoms with Crippen LogP contribution >= 0.6 is 11.6 Å². The van der Waals surface area contributed by atoms with Crippen molar-refractivity contribution in [1.82, 2.24) is 5.32 Å². The predicted molar refractivity (Wildman–Crippen MR) is 103 cm³/mol. The molecule has 7 heteroatoms. The third kappa shape index (κ3) is 4.37. The molecule has 0 fully saturated rings. The zero-order chi connectivity index (χ0) is 19.4. The van der Waals surface area contributed by atoms with Gasteiger partial charge in [0.15, 0.2) is 0 Å². The number of furan rings is 1. The largest absolute Gasteiger partial charge is 0.477 e. The third-order valence-corrected chi connectivity index (χ3v) is 4.01. The molecule has 0 aliphatic heterocycles. The molecule has 0 unspecified atom stereocenters. The normalized spacial score (nSPS) is 11.2. The number of nitrogen functional groups attached to an aromatic ring is 1. The second-order valence-corrected chi connectivity index (χ2v) is 6.03. The average molecular weight is 383 g/mol. The molecule has 0 aliphatic rings. The molecule has 0 atom stereocenters. The summed E-state index contributed by atoms with van der Waals surface area (Å²) in [7, 11) is 0. The van der Waals surface area contributed by atoms with Gasteiger partial charge in [0.05, 0.1) is 5.02 Å². The zero-order valence-electron chi connectivity index (χ0n) is 14.0. The summed E-state index contributed by atoms with van der Waals surface area (Å²) in [6.07, 6.45) is 1.23. The number of carbonyl (C=O) groups is 2. The number of rotatable bonds is 5. The van der Waals surface area contributed by atoms with Crippen LogP contribution in [-0.2, 0) is 4.79 Å². The van der Waals surface area contributed by atoms with Crippen LogP contribution in [0.4, 0.5) is 5.69 Å². The Balaban J connectivity index is 1.85. The van der Waals surface area contributed by atoms with E-state index in [9.17, 15) is 14.7 Å². The second-order valence-electron chi connectivity index (χ2n) is 5.62. The highest BCUT2D eigenvalue weighted by Crippen LogP contribution is 2.29. The fraction of sp³-hybridized carbons (Fsp3) is 0. The molecule has 136 valence electrons. The van der Waals surface area contributed by atoms with E-state index in [2.05, 4.69) is 5.32 Å². The molecule has 4 N–H and O–H groups in total. The highest BCUT2D eigenvalue weighted by molar-refractivity contribution is 6.33. The first-order chi connectivity index (χ1) is 12.9. The zero-order valence-corrected chi connectivity index (χ0v) is 14.7. The number of carboxylic acids is 1. The summed E-state index contributed by atoms with van der Waals surface area (Å²) in [5, 5.41) is 12.2. The Bertz CT molecular complexity index is 1040. The van der Waals surface area contributed by atoms with E-state index in [1.165, 1.54) is 18.2 Å². The van der Waals surface area contributed by atoms with Crippen molar-refractivity contribution < 1.29 is 19.1 Å². The first kappa shape index (κ1) is 18.3. The van der Waals surface area contributed by atoms with Crippen molar-refractivity contribution in [2.75, 3.05) is 5.73 Å². The fourth-order valence-electron chi connectivity index (χ4n) is 2.40. The number of hydrogen-bond donors (Lipinski definition) is 3. The molecule has 0 radical (unpaired) electrons. The standard InChI is InChI=1S/C20H15ClN2O4/c21-16-7-2-1-6-15(16)18-9-8-14(27-18)11-17(20(25)26)23-19(24)12-4-3-5-13(22)10-12/h1-11H,22H2,(H,23,24)(H,25,26)/b17-11-. The van der Waals surface area contributed by atoms with Gasteiger partial charge in [0, 0.05) is 22.9 Å². The van der Waals surface area contributed by atoms with Crippen LogP contribution in [-0.4, -0.2) is 17.0 Å². The second kappa shape index (κ2) is 7.80. The van der Waals surface area contributed by atoms with E-state index in [0.29, 0.717) is 22.0 Å². The van der Waals surface area contributed by atoms with Crippen LogP contribution < -0.4 is 11.1 Å². The van der Waals surface area contributed by atoms with E-state index >= 15 is 0 Å². The lowest BCUT2D eigenvalue weighted by Crippen LogP contribution is -2.27. The first-order valence-electron chi connectivity index (χ1n) is 7.90. The van der Waals surface area contributed by atoms with Gasteiger partial charge < -0.3 is 20.6 Å². The molecule has 0 bridgehead atoms. The summed E-state index contributed by atoms with van der Waals surface area (Å²) in [6, 6.07) is 16.6. The number of carbonyl (C=O) groups excluding carboxylic acids is 1. The minimum atomic E-state index is -1.30. The van der Waals surface area contributed by atoms with Crippen LogP contribution in [0.2, 0.25) is 5.02 Å². The Kier molecular flexibility index (Phi) is 5.28. The van der Waals surface area contributed by atoms with Crippen molar-refractivity contribution in [3.8, 4) is 11.3 Å². The first-order valence-corrected chi connectivity index (χ1v) is 8.28. The van der Waals surface area contributed by atoms with Gasteiger partial charge in [-0.25, -0.2) is 4.79 Å². The number of halogens is 1. The molecule has 3 rings (SSSR count). The maximum atomic E-state index is 12.3.